The third-order valence-corrected chi connectivity index (χ3v) is 6.96. The predicted octanol–water partition coefficient (Wildman–Crippen LogP) is 1.27. The average Bonchev–Trinajstić information content (AvgIpc) is 3.22. The second-order valence-electron chi connectivity index (χ2n) is 7.34. The number of amides is 1. The number of carbonyl (C=O) groups excluding carboxylic acids is 1. The van der Waals surface area contributed by atoms with E-state index in [1.165, 1.54) is 12.8 Å². The zero-order chi connectivity index (χ0) is 10.2. The van der Waals surface area contributed by atoms with Gasteiger partial charge in [0.05, 0.1) is 0 Å². The molecule has 7 aliphatic rings. The van der Waals surface area contributed by atoms with Crippen molar-refractivity contribution in [2.45, 2.75) is 25.3 Å². The number of nitrogens with one attached hydrogen (secondary N) is 1. The molecular weight excluding hydrogens is 198 g/mol. The van der Waals surface area contributed by atoms with Gasteiger partial charge in [-0.1, -0.05) is 0 Å². The molecule has 84 valence electrons. The second-order valence-corrected chi connectivity index (χ2v) is 7.34. The van der Waals surface area contributed by atoms with Gasteiger partial charge in [-0.25, -0.2) is 0 Å². The number of fused-ring (bicyclic) bond motifs is 1. The van der Waals surface area contributed by atoms with Crippen molar-refractivity contribution in [1.82, 2.24) is 5.32 Å². The van der Waals surface area contributed by atoms with Gasteiger partial charge in [-0.3, -0.25) is 4.79 Å². The van der Waals surface area contributed by atoms with Gasteiger partial charge in [0, 0.05) is 12.0 Å². The Hall–Kier alpha value is -0.530. The third kappa shape index (κ3) is 0.613. The molecule has 3 unspecified atom stereocenters. The van der Waals surface area contributed by atoms with E-state index < -0.39 is 0 Å². The average molecular weight is 215 g/mol. The molecule has 0 aromatic carbocycles. The molecule has 9 atom stereocenters. The Balaban J connectivity index is 1.30. The Morgan fingerprint density at radius 1 is 0.875 bits per heavy atom. The highest BCUT2D eigenvalue weighted by Crippen LogP contribution is 2.89. The first kappa shape index (κ1) is 7.73. The molecule has 0 spiro atoms. The summed E-state index contributed by atoms with van der Waals surface area (Å²) in [7, 11) is 0. The Morgan fingerprint density at radius 3 is 1.94 bits per heavy atom. The molecule has 0 aromatic heterocycles. The van der Waals surface area contributed by atoms with Crippen LogP contribution >= 0.6 is 0 Å². The lowest BCUT2D eigenvalue weighted by molar-refractivity contribution is -0.123. The molecule has 2 nitrogen and oxygen atoms in total. The Bertz CT molecular complexity index is 404. The van der Waals surface area contributed by atoms with Gasteiger partial charge in [0.15, 0.2) is 0 Å². The van der Waals surface area contributed by atoms with E-state index in [1.807, 2.05) is 0 Å². The van der Waals surface area contributed by atoms with Gasteiger partial charge in [0.25, 0.3) is 0 Å². The maximum atomic E-state index is 12.1. The maximum absolute atomic E-state index is 12.1. The molecule has 1 N–H and O–H groups in total. The molecule has 7 rings (SSSR count). The zero-order valence-corrected chi connectivity index (χ0v) is 9.30. The lowest BCUT2D eigenvalue weighted by Gasteiger charge is -2.15. The van der Waals surface area contributed by atoms with Gasteiger partial charge in [-0.2, -0.15) is 0 Å². The quantitative estimate of drug-likeness (QED) is 0.738. The summed E-state index contributed by atoms with van der Waals surface area (Å²) >= 11 is 0. The van der Waals surface area contributed by atoms with Crippen molar-refractivity contribution < 1.29 is 4.79 Å². The van der Waals surface area contributed by atoms with Crippen molar-refractivity contribution >= 4 is 5.91 Å². The van der Waals surface area contributed by atoms with Crippen molar-refractivity contribution in [1.29, 1.82) is 0 Å². The van der Waals surface area contributed by atoms with E-state index in [4.69, 9.17) is 0 Å². The van der Waals surface area contributed by atoms with Crippen LogP contribution in [0.15, 0.2) is 0 Å². The van der Waals surface area contributed by atoms with Crippen molar-refractivity contribution in [2.75, 3.05) is 0 Å². The van der Waals surface area contributed by atoms with Gasteiger partial charge in [0.2, 0.25) is 5.91 Å². The number of hydrogen-bond donors (Lipinski definition) is 1. The van der Waals surface area contributed by atoms with Gasteiger partial charge >= 0.3 is 0 Å². The van der Waals surface area contributed by atoms with Crippen molar-refractivity contribution in [3.8, 4) is 0 Å². The number of carbonyl (C=O) groups is 1. The van der Waals surface area contributed by atoms with Crippen molar-refractivity contribution in [3.63, 3.8) is 0 Å². The second kappa shape index (κ2) is 1.97. The summed E-state index contributed by atoms with van der Waals surface area (Å²) in [6.45, 7) is 0. The summed E-state index contributed by atoms with van der Waals surface area (Å²) in [4.78, 5) is 12.1. The Kier molecular flexibility index (Phi) is 0.954. The molecule has 0 radical (unpaired) electrons. The van der Waals surface area contributed by atoms with E-state index >= 15 is 0 Å². The summed E-state index contributed by atoms with van der Waals surface area (Å²) in [5, 5.41) is 3.23. The fraction of sp³-hybridized carbons (Fsp3) is 0.929. The van der Waals surface area contributed by atoms with Gasteiger partial charge in [0.1, 0.15) is 0 Å². The van der Waals surface area contributed by atoms with Crippen LogP contribution in [0.25, 0.3) is 0 Å². The van der Waals surface area contributed by atoms with E-state index in [-0.39, 0.29) is 0 Å². The molecule has 1 amide bonds. The minimum atomic E-state index is 0.436. The lowest BCUT2D eigenvalue weighted by atomic mass is 9.91. The van der Waals surface area contributed by atoms with Gasteiger partial charge in [-0.15, -0.1) is 0 Å². The van der Waals surface area contributed by atoms with E-state index in [0.717, 1.165) is 47.3 Å². The van der Waals surface area contributed by atoms with Crippen LogP contribution in [0.4, 0.5) is 0 Å². The van der Waals surface area contributed by atoms with E-state index in [0.29, 0.717) is 17.9 Å². The van der Waals surface area contributed by atoms with Crippen LogP contribution in [-0.4, -0.2) is 11.9 Å². The molecule has 6 bridgehead atoms. The fourth-order valence-corrected chi connectivity index (χ4v) is 6.59. The van der Waals surface area contributed by atoms with Gasteiger partial charge in [-0.05, 0) is 66.6 Å². The van der Waals surface area contributed by atoms with Crippen LogP contribution in [0.5, 0.6) is 0 Å². The number of hydrogen-bond acceptors (Lipinski definition) is 1. The van der Waals surface area contributed by atoms with E-state index in [2.05, 4.69) is 5.32 Å². The summed E-state index contributed by atoms with van der Waals surface area (Å²) in [5.74, 6) is 9.07. The molecule has 0 aromatic rings. The smallest absolute Gasteiger partial charge is 0.223 e. The van der Waals surface area contributed by atoms with Crippen LogP contribution in [-0.2, 0) is 4.79 Å². The predicted molar refractivity (Wildman–Crippen MR) is 57.2 cm³/mol. The minimum absolute atomic E-state index is 0.436. The highest BCUT2D eigenvalue weighted by Gasteiger charge is 2.87. The van der Waals surface area contributed by atoms with Crippen LogP contribution in [0.1, 0.15) is 19.3 Å². The number of rotatable bonds is 2. The zero-order valence-electron chi connectivity index (χ0n) is 9.30. The SMILES string of the molecule is O=C(NC1CC1)C1[C@@H]2[C@@H]3C4CC5[C@@H]3[C@@H]5[C@H]4[C@H]12. The van der Waals surface area contributed by atoms with Crippen LogP contribution in [0.2, 0.25) is 0 Å². The van der Waals surface area contributed by atoms with Crippen LogP contribution in [0, 0.1) is 53.3 Å². The highest BCUT2D eigenvalue weighted by atomic mass is 16.2. The Labute approximate surface area is 95.2 Å². The largest absolute Gasteiger partial charge is 0.353 e. The van der Waals surface area contributed by atoms with Crippen LogP contribution < -0.4 is 5.32 Å². The summed E-state index contributed by atoms with van der Waals surface area (Å²) < 4.78 is 0. The van der Waals surface area contributed by atoms with E-state index in [1.54, 1.807) is 6.42 Å². The molecule has 16 heavy (non-hydrogen) atoms. The summed E-state index contributed by atoms with van der Waals surface area (Å²) in [5.41, 5.74) is 0. The van der Waals surface area contributed by atoms with Gasteiger partial charge < -0.3 is 5.32 Å². The van der Waals surface area contributed by atoms with Crippen molar-refractivity contribution in [2.24, 2.45) is 53.3 Å². The molecule has 2 heteroatoms. The minimum Gasteiger partial charge on any atom is -0.353 e. The normalized spacial score (nSPS) is 70.4. The Morgan fingerprint density at radius 2 is 1.44 bits per heavy atom. The first-order chi connectivity index (χ1) is 7.86. The third-order valence-electron chi connectivity index (χ3n) is 6.96. The van der Waals surface area contributed by atoms with Crippen LogP contribution in [0.3, 0.4) is 0 Å². The molecule has 0 heterocycles. The van der Waals surface area contributed by atoms with Crippen molar-refractivity contribution in [3.05, 3.63) is 0 Å². The first-order valence-electron chi connectivity index (χ1n) is 7.16. The molecule has 7 saturated carbocycles. The molecule has 0 saturated heterocycles. The fourth-order valence-electron chi connectivity index (χ4n) is 6.59. The molecule has 7 fully saturated rings. The summed E-state index contributed by atoms with van der Waals surface area (Å²) in [6.07, 6.45) is 4.02. The van der Waals surface area contributed by atoms with E-state index in [9.17, 15) is 4.79 Å². The monoisotopic (exact) mass is 215 g/mol. The molecule has 7 aliphatic carbocycles. The molecular formula is C14H17NO. The summed E-state index contributed by atoms with van der Waals surface area (Å²) in [6, 6.07) is 0.565. The molecule has 0 aliphatic heterocycles. The topological polar surface area (TPSA) is 29.1 Å². The lowest BCUT2D eigenvalue weighted by Crippen LogP contribution is -2.30. The maximum Gasteiger partial charge on any atom is 0.223 e. The first-order valence-corrected chi connectivity index (χ1v) is 7.16. The highest BCUT2D eigenvalue weighted by molar-refractivity contribution is 5.83. The standard InChI is InChI=1S/C14H17NO/c16-14(15-4-1-2-4)13-11-9-6-3-5-7(9)8(5)10(6)12(11)13/h4-13H,1-3H2,(H,15,16)/t5?,6?,7-,8-,9-,10+,11-,12+,13?/m1/s1.